The monoisotopic (exact) mass is 453 g/mol. The molecule has 0 atom stereocenters. The number of fused-ring (bicyclic) bond motifs is 1. The lowest BCUT2D eigenvalue weighted by atomic mass is 9.86. The van der Waals surface area contributed by atoms with E-state index in [0.29, 0.717) is 25.7 Å². The number of nitrogens with zero attached hydrogens (tertiary/aromatic N) is 1. The summed E-state index contributed by atoms with van der Waals surface area (Å²) in [5, 5.41) is 4.21. The molecule has 2 N–H and O–H groups in total. The van der Waals surface area contributed by atoms with Gasteiger partial charge in [-0.15, -0.1) is 0 Å². The Bertz CT molecular complexity index is 1200. The Kier molecular flexibility index (Phi) is 6.14. The molecule has 2 aromatic carbocycles. The molecular formula is C25H31N3O3S. The van der Waals surface area contributed by atoms with Crippen molar-refractivity contribution in [1.29, 1.82) is 0 Å². The summed E-state index contributed by atoms with van der Waals surface area (Å²) in [6, 6.07) is 18.1. The predicted molar refractivity (Wildman–Crippen MR) is 129 cm³/mol. The van der Waals surface area contributed by atoms with Crippen LogP contribution in [0.5, 0.6) is 0 Å². The molecule has 170 valence electrons. The van der Waals surface area contributed by atoms with Crippen molar-refractivity contribution in [3.8, 4) is 5.69 Å². The van der Waals surface area contributed by atoms with Gasteiger partial charge in [-0.3, -0.25) is 4.79 Å². The van der Waals surface area contributed by atoms with Gasteiger partial charge in [0.2, 0.25) is 15.9 Å². The summed E-state index contributed by atoms with van der Waals surface area (Å²) >= 11 is 0. The molecule has 0 unspecified atom stereocenters. The number of nitrogens with one attached hydrogen (secondary N) is 2. The van der Waals surface area contributed by atoms with E-state index in [4.69, 9.17) is 0 Å². The van der Waals surface area contributed by atoms with Gasteiger partial charge in [0.1, 0.15) is 0 Å². The second-order valence-electron chi connectivity index (χ2n) is 9.56. The van der Waals surface area contributed by atoms with Crippen molar-refractivity contribution in [2.45, 2.75) is 57.2 Å². The minimum absolute atomic E-state index is 0.00120. The van der Waals surface area contributed by atoms with Gasteiger partial charge < -0.3 is 9.88 Å². The van der Waals surface area contributed by atoms with E-state index in [1.807, 2.05) is 42.6 Å². The van der Waals surface area contributed by atoms with Crippen molar-refractivity contribution in [3.05, 3.63) is 60.8 Å². The third-order valence-corrected chi connectivity index (χ3v) is 8.49. The fraction of sp³-hybridized carbons (Fsp3) is 0.400. The van der Waals surface area contributed by atoms with Gasteiger partial charge in [-0.25, -0.2) is 13.1 Å². The Balaban J connectivity index is 1.34. The molecule has 4 rings (SSSR count). The van der Waals surface area contributed by atoms with Crippen LogP contribution in [0, 0.1) is 5.92 Å². The number of carbonyl (C=O) groups is 1. The van der Waals surface area contributed by atoms with Gasteiger partial charge in [0.25, 0.3) is 0 Å². The number of rotatable bonds is 5. The molecule has 0 spiro atoms. The number of para-hydroxylation sites is 1. The SMILES string of the molecule is CC(C)(C)S(=O)(=O)N[C@H]1CC[C@H](C(=O)Nc2ccc(-n3ccc4ccccc43)cc2)CC1. The second kappa shape index (κ2) is 8.71. The highest BCUT2D eigenvalue weighted by Gasteiger charge is 2.34. The lowest BCUT2D eigenvalue weighted by Gasteiger charge is -2.30. The van der Waals surface area contributed by atoms with Gasteiger partial charge >= 0.3 is 0 Å². The Hall–Kier alpha value is -2.64. The maximum absolute atomic E-state index is 12.8. The van der Waals surface area contributed by atoms with E-state index in [1.165, 1.54) is 5.39 Å². The van der Waals surface area contributed by atoms with E-state index in [1.54, 1.807) is 20.8 Å². The smallest absolute Gasteiger partial charge is 0.227 e. The Labute approximate surface area is 190 Å². The van der Waals surface area contributed by atoms with Crippen LogP contribution in [-0.4, -0.2) is 29.7 Å². The predicted octanol–water partition coefficient (Wildman–Crippen LogP) is 4.85. The number of aromatic nitrogens is 1. The summed E-state index contributed by atoms with van der Waals surface area (Å²) in [7, 11) is -3.37. The Morgan fingerprint density at radius 3 is 2.25 bits per heavy atom. The molecule has 7 heteroatoms. The highest BCUT2D eigenvalue weighted by molar-refractivity contribution is 7.90. The fourth-order valence-corrected chi connectivity index (χ4v) is 5.16. The molecule has 3 aromatic rings. The largest absolute Gasteiger partial charge is 0.326 e. The lowest BCUT2D eigenvalue weighted by molar-refractivity contribution is -0.120. The van der Waals surface area contributed by atoms with Crippen LogP contribution in [-0.2, 0) is 14.8 Å². The highest BCUT2D eigenvalue weighted by Crippen LogP contribution is 2.28. The van der Waals surface area contributed by atoms with Crippen LogP contribution in [0.2, 0.25) is 0 Å². The number of hydrogen-bond acceptors (Lipinski definition) is 3. The van der Waals surface area contributed by atoms with E-state index in [9.17, 15) is 13.2 Å². The minimum Gasteiger partial charge on any atom is -0.326 e. The first-order valence-electron chi connectivity index (χ1n) is 11.1. The topological polar surface area (TPSA) is 80.2 Å². The van der Waals surface area contributed by atoms with E-state index < -0.39 is 14.8 Å². The van der Waals surface area contributed by atoms with Crippen molar-refractivity contribution in [2.24, 2.45) is 5.92 Å². The first kappa shape index (κ1) is 22.6. The van der Waals surface area contributed by atoms with E-state index >= 15 is 0 Å². The van der Waals surface area contributed by atoms with Crippen LogP contribution in [0.4, 0.5) is 5.69 Å². The highest BCUT2D eigenvalue weighted by atomic mass is 32.2. The van der Waals surface area contributed by atoms with Crippen LogP contribution in [0.15, 0.2) is 60.8 Å². The van der Waals surface area contributed by atoms with Crippen molar-refractivity contribution < 1.29 is 13.2 Å². The average molecular weight is 454 g/mol. The Morgan fingerprint density at radius 2 is 1.59 bits per heavy atom. The molecule has 0 bridgehead atoms. The molecule has 6 nitrogen and oxygen atoms in total. The van der Waals surface area contributed by atoms with E-state index in [2.05, 4.69) is 32.8 Å². The van der Waals surface area contributed by atoms with Crippen LogP contribution < -0.4 is 10.0 Å². The molecule has 1 heterocycles. The van der Waals surface area contributed by atoms with Gasteiger partial charge in [0.05, 0.1) is 10.3 Å². The maximum Gasteiger partial charge on any atom is 0.227 e. The Morgan fingerprint density at radius 1 is 0.938 bits per heavy atom. The van der Waals surface area contributed by atoms with E-state index in [-0.39, 0.29) is 17.9 Å². The number of sulfonamides is 1. The molecule has 0 radical (unpaired) electrons. The van der Waals surface area contributed by atoms with E-state index in [0.717, 1.165) is 16.9 Å². The quantitative estimate of drug-likeness (QED) is 0.580. The molecule has 1 fully saturated rings. The average Bonchev–Trinajstić information content (AvgIpc) is 3.18. The van der Waals surface area contributed by atoms with Gasteiger partial charge in [-0.1, -0.05) is 18.2 Å². The van der Waals surface area contributed by atoms with Crippen molar-refractivity contribution in [2.75, 3.05) is 5.32 Å². The number of amides is 1. The molecule has 1 aliphatic carbocycles. The van der Waals surface area contributed by atoms with Gasteiger partial charge in [-0.05, 0) is 88.2 Å². The standard InChI is InChI=1S/C25H31N3O3S/c1-25(2,3)32(30,31)27-21-10-8-19(9-11-21)24(29)26-20-12-14-22(15-13-20)28-17-16-18-6-4-5-7-23(18)28/h4-7,12-17,19,21,27H,8-11H2,1-3H3,(H,26,29)/t19-,21-. The summed E-state index contributed by atoms with van der Waals surface area (Å²) in [5.74, 6) is -0.0975. The molecule has 0 saturated heterocycles. The second-order valence-corrected chi connectivity index (χ2v) is 12.0. The first-order chi connectivity index (χ1) is 15.1. The zero-order valence-electron chi connectivity index (χ0n) is 18.8. The summed E-state index contributed by atoms with van der Waals surface area (Å²) in [6.07, 6.45) is 4.75. The summed E-state index contributed by atoms with van der Waals surface area (Å²) in [4.78, 5) is 12.8. The third kappa shape index (κ3) is 4.74. The first-order valence-corrected chi connectivity index (χ1v) is 12.6. The molecular weight excluding hydrogens is 422 g/mol. The van der Waals surface area contributed by atoms with Crippen LogP contribution in [0.3, 0.4) is 0 Å². The lowest BCUT2D eigenvalue weighted by Crippen LogP contribution is -2.46. The summed E-state index contributed by atoms with van der Waals surface area (Å²) < 4.78 is 28.8. The van der Waals surface area contributed by atoms with Gasteiger partial charge in [-0.2, -0.15) is 0 Å². The maximum atomic E-state index is 12.8. The van der Waals surface area contributed by atoms with Gasteiger partial charge in [0, 0.05) is 29.5 Å². The fourth-order valence-electron chi connectivity index (χ4n) is 4.13. The summed E-state index contributed by atoms with van der Waals surface area (Å²) in [6.45, 7) is 5.08. The third-order valence-electron chi connectivity index (χ3n) is 6.24. The van der Waals surface area contributed by atoms with Crippen molar-refractivity contribution >= 4 is 32.5 Å². The van der Waals surface area contributed by atoms with Crippen LogP contribution in [0.1, 0.15) is 46.5 Å². The van der Waals surface area contributed by atoms with Crippen LogP contribution >= 0.6 is 0 Å². The van der Waals surface area contributed by atoms with Crippen LogP contribution in [0.25, 0.3) is 16.6 Å². The van der Waals surface area contributed by atoms with Crippen molar-refractivity contribution in [3.63, 3.8) is 0 Å². The number of benzene rings is 2. The molecule has 1 saturated carbocycles. The molecule has 1 aliphatic rings. The minimum atomic E-state index is -3.37. The molecule has 32 heavy (non-hydrogen) atoms. The zero-order chi connectivity index (χ0) is 22.9. The number of hydrogen-bond donors (Lipinski definition) is 2. The molecule has 0 aliphatic heterocycles. The summed E-state index contributed by atoms with van der Waals surface area (Å²) in [5.41, 5.74) is 2.95. The zero-order valence-corrected chi connectivity index (χ0v) is 19.7. The van der Waals surface area contributed by atoms with Crippen molar-refractivity contribution in [1.82, 2.24) is 9.29 Å². The number of anilines is 1. The van der Waals surface area contributed by atoms with Gasteiger partial charge in [0.15, 0.2) is 0 Å². The number of carbonyl (C=O) groups excluding carboxylic acids is 1. The normalized spacial score (nSPS) is 19.7. The molecule has 1 amide bonds. The molecule has 1 aromatic heterocycles.